The first kappa shape index (κ1) is 13.5. The number of rotatable bonds is 4. The smallest absolute Gasteiger partial charge is 0.261 e. The quantitative estimate of drug-likeness (QED) is 0.915. The molecule has 4 atom stereocenters. The van der Waals surface area contributed by atoms with Gasteiger partial charge in [0, 0.05) is 6.04 Å². The second-order valence-corrected chi connectivity index (χ2v) is 6.32. The number of amides is 1. The Morgan fingerprint density at radius 2 is 2.10 bits per heavy atom. The molecule has 2 fully saturated rings. The van der Waals surface area contributed by atoms with Gasteiger partial charge >= 0.3 is 0 Å². The zero-order valence-electron chi connectivity index (χ0n) is 12.3. The Morgan fingerprint density at radius 1 is 1.30 bits per heavy atom. The van der Waals surface area contributed by atoms with Crippen molar-refractivity contribution in [2.45, 2.75) is 51.7 Å². The third-order valence-corrected chi connectivity index (χ3v) is 4.83. The maximum atomic E-state index is 12.3. The molecule has 2 aliphatic rings. The van der Waals surface area contributed by atoms with E-state index in [1.807, 2.05) is 38.1 Å². The summed E-state index contributed by atoms with van der Waals surface area (Å²) in [6.45, 7) is 3.82. The molecule has 108 valence electrons. The van der Waals surface area contributed by atoms with Crippen molar-refractivity contribution in [1.29, 1.82) is 0 Å². The van der Waals surface area contributed by atoms with E-state index in [4.69, 9.17) is 4.74 Å². The molecule has 1 aromatic rings. The van der Waals surface area contributed by atoms with E-state index in [9.17, 15) is 4.79 Å². The first-order valence-electron chi connectivity index (χ1n) is 7.66. The number of para-hydroxylation sites is 1. The largest absolute Gasteiger partial charge is 0.481 e. The summed E-state index contributed by atoms with van der Waals surface area (Å²) in [4.78, 5) is 12.3. The number of carbonyl (C=O) groups is 1. The van der Waals surface area contributed by atoms with Crippen LogP contribution in [-0.2, 0) is 4.79 Å². The summed E-state index contributed by atoms with van der Waals surface area (Å²) in [6, 6.07) is 8.20. The van der Waals surface area contributed by atoms with Gasteiger partial charge in [0.25, 0.3) is 5.91 Å². The second-order valence-electron chi connectivity index (χ2n) is 6.32. The zero-order valence-corrected chi connectivity index (χ0v) is 12.3. The van der Waals surface area contributed by atoms with Gasteiger partial charge in [-0.3, -0.25) is 4.79 Å². The minimum absolute atomic E-state index is 0.0193. The van der Waals surface area contributed by atoms with E-state index < -0.39 is 6.10 Å². The van der Waals surface area contributed by atoms with E-state index in [1.54, 1.807) is 0 Å². The van der Waals surface area contributed by atoms with Gasteiger partial charge in [0.1, 0.15) is 5.75 Å². The SMILES string of the molecule is Cc1ccccc1O[C@@H](C)C(=O)N[C@H]1C[C@H]2CC[C@H]1C2. The average molecular weight is 273 g/mol. The Morgan fingerprint density at radius 3 is 2.75 bits per heavy atom. The maximum Gasteiger partial charge on any atom is 0.261 e. The van der Waals surface area contributed by atoms with Gasteiger partial charge in [-0.2, -0.15) is 0 Å². The fourth-order valence-corrected chi connectivity index (χ4v) is 3.65. The first-order valence-corrected chi connectivity index (χ1v) is 7.66. The summed E-state index contributed by atoms with van der Waals surface area (Å²) in [6.07, 6.45) is 4.66. The molecular weight excluding hydrogens is 250 g/mol. The lowest BCUT2D eigenvalue weighted by Gasteiger charge is -2.25. The van der Waals surface area contributed by atoms with Crippen LogP contribution in [0.4, 0.5) is 0 Å². The van der Waals surface area contributed by atoms with Gasteiger partial charge < -0.3 is 10.1 Å². The van der Waals surface area contributed by atoms with Crippen molar-refractivity contribution in [3.05, 3.63) is 29.8 Å². The van der Waals surface area contributed by atoms with E-state index in [2.05, 4.69) is 5.32 Å². The van der Waals surface area contributed by atoms with E-state index in [0.29, 0.717) is 12.0 Å². The zero-order chi connectivity index (χ0) is 14.1. The lowest BCUT2D eigenvalue weighted by atomic mass is 9.95. The number of benzene rings is 1. The lowest BCUT2D eigenvalue weighted by molar-refractivity contribution is -0.128. The third kappa shape index (κ3) is 2.67. The van der Waals surface area contributed by atoms with E-state index in [-0.39, 0.29) is 5.91 Å². The van der Waals surface area contributed by atoms with Crippen molar-refractivity contribution >= 4 is 5.91 Å². The van der Waals surface area contributed by atoms with E-state index in [0.717, 1.165) is 23.7 Å². The molecule has 1 aromatic carbocycles. The molecule has 20 heavy (non-hydrogen) atoms. The number of aryl methyl sites for hydroxylation is 1. The molecule has 0 aromatic heterocycles. The van der Waals surface area contributed by atoms with E-state index >= 15 is 0 Å². The number of ether oxygens (including phenoxy) is 1. The molecule has 2 saturated carbocycles. The van der Waals surface area contributed by atoms with Crippen molar-refractivity contribution in [3.63, 3.8) is 0 Å². The lowest BCUT2D eigenvalue weighted by Crippen LogP contribution is -2.44. The summed E-state index contributed by atoms with van der Waals surface area (Å²) in [5.41, 5.74) is 1.06. The normalized spacial score (nSPS) is 29.2. The van der Waals surface area contributed by atoms with Crippen LogP contribution in [0.15, 0.2) is 24.3 Å². The van der Waals surface area contributed by atoms with Crippen LogP contribution >= 0.6 is 0 Å². The fraction of sp³-hybridized carbons (Fsp3) is 0.588. The molecule has 3 nitrogen and oxygen atoms in total. The predicted molar refractivity (Wildman–Crippen MR) is 78.6 cm³/mol. The second kappa shape index (κ2) is 5.47. The summed E-state index contributed by atoms with van der Waals surface area (Å²) >= 11 is 0. The van der Waals surface area contributed by atoms with Crippen molar-refractivity contribution in [2.75, 3.05) is 0 Å². The topological polar surface area (TPSA) is 38.3 Å². The van der Waals surface area contributed by atoms with Crippen LogP contribution < -0.4 is 10.1 Å². The summed E-state index contributed by atoms with van der Waals surface area (Å²) < 4.78 is 5.79. The fourth-order valence-electron chi connectivity index (χ4n) is 3.65. The van der Waals surface area contributed by atoms with Crippen LogP contribution in [-0.4, -0.2) is 18.1 Å². The van der Waals surface area contributed by atoms with Crippen molar-refractivity contribution < 1.29 is 9.53 Å². The van der Waals surface area contributed by atoms with Crippen LogP contribution in [0.1, 0.15) is 38.2 Å². The van der Waals surface area contributed by atoms with Crippen molar-refractivity contribution in [1.82, 2.24) is 5.32 Å². The molecule has 3 rings (SSSR count). The highest BCUT2D eigenvalue weighted by atomic mass is 16.5. The van der Waals surface area contributed by atoms with Crippen LogP contribution in [0.2, 0.25) is 0 Å². The number of fused-ring (bicyclic) bond motifs is 2. The summed E-state index contributed by atoms with van der Waals surface area (Å²) in [5.74, 6) is 2.36. The van der Waals surface area contributed by atoms with Gasteiger partial charge in [0.15, 0.2) is 6.10 Å². The highest BCUT2D eigenvalue weighted by molar-refractivity contribution is 5.81. The van der Waals surface area contributed by atoms with Gasteiger partial charge in [-0.25, -0.2) is 0 Å². The number of hydrogen-bond acceptors (Lipinski definition) is 2. The average Bonchev–Trinajstić information content (AvgIpc) is 3.03. The molecule has 0 heterocycles. The van der Waals surface area contributed by atoms with Crippen molar-refractivity contribution in [3.8, 4) is 5.75 Å². The molecule has 0 aliphatic heterocycles. The number of carbonyl (C=O) groups excluding carboxylic acids is 1. The predicted octanol–water partition coefficient (Wildman–Crippen LogP) is 3.07. The van der Waals surface area contributed by atoms with Gasteiger partial charge in [-0.05, 0) is 56.6 Å². The molecule has 3 heteroatoms. The van der Waals surface area contributed by atoms with Gasteiger partial charge in [0.05, 0.1) is 0 Å². The van der Waals surface area contributed by atoms with Gasteiger partial charge in [-0.15, -0.1) is 0 Å². The molecule has 0 radical (unpaired) electrons. The maximum absolute atomic E-state index is 12.3. The minimum atomic E-state index is -0.435. The van der Waals surface area contributed by atoms with Crippen molar-refractivity contribution in [2.24, 2.45) is 11.8 Å². The summed E-state index contributed by atoms with van der Waals surface area (Å²) in [7, 11) is 0. The third-order valence-electron chi connectivity index (χ3n) is 4.83. The Kier molecular flexibility index (Phi) is 3.68. The monoisotopic (exact) mass is 273 g/mol. The number of nitrogens with one attached hydrogen (secondary N) is 1. The highest BCUT2D eigenvalue weighted by Crippen LogP contribution is 2.44. The molecule has 0 unspecified atom stereocenters. The first-order chi connectivity index (χ1) is 9.63. The minimum Gasteiger partial charge on any atom is -0.481 e. The molecular formula is C17H23NO2. The molecule has 0 saturated heterocycles. The standard InChI is InChI=1S/C17H23NO2/c1-11-5-3-4-6-16(11)20-12(2)17(19)18-15-10-13-7-8-14(15)9-13/h3-6,12-15H,7-10H2,1-2H3,(H,18,19)/t12-,13-,14-,15-/m0/s1. The Balaban J connectivity index is 1.56. The Labute approximate surface area is 120 Å². The molecule has 1 amide bonds. The molecule has 2 aliphatic carbocycles. The van der Waals surface area contributed by atoms with Crippen LogP contribution in [0.25, 0.3) is 0 Å². The number of hydrogen-bond donors (Lipinski definition) is 1. The van der Waals surface area contributed by atoms with Gasteiger partial charge in [0.2, 0.25) is 0 Å². The van der Waals surface area contributed by atoms with Crippen LogP contribution in [0.3, 0.4) is 0 Å². The van der Waals surface area contributed by atoms with Gasteiger partial charge in [-0.1, -0.05) is 24.6 Å². The van der Waals surface area contributed by atoms with Crippen LogP contribution in [0.5, 0.6) is 5.75 Å². The highest BCUT2D eigenvalue weighted by Gasteiger charge is 2.40. The Hall–Kier alpha value is -1.51. The van der Waals surface area contributed by atoms with Crippen LogP contribution in [0, 0.1) is 18.8 Å². The van der Waals surface area contributed by atoms with E-state index in [1.165, 1.54) is 19.3 Å². The molecule has 2 bridgehead atoms. The molecule has 1 N–H and O–H groups in total. The summed E-state index contributed by atoms with van der Waals surface area (Å²) in [5, 5.41) is 3.19. The molecule has 0 spiro atoms. The Bertz CT molecular complexity index is 500.